The second-order valence-corrected chi connectivity index (χ2v) is 9.49. The van der Waals surface area contributed by atoms with Crippen LogP contribution in [0.3, 0.4) is 0 Å². The van der Waals surface area contributed by atoms with E-state index in [0.717, 1.165) is 79.6 Å². The van der Waals surface area contributed by atoms with Gasteiger partial charge in [-0.3, -0.25) is 4.98 Å². The van der Waals surface area contributed by atoms with Crippen molar-refractivity contribution in [3.8, 4) is 5.88 Å². The van der Waals surface area contributed by atoms with Crippen molar-refractivity contribution in [2.45, 2.75) is 62.8 Å². The molecule has 3 aliphatic rings. The van der Waals surface area contributed by atoms with Crippen LogP contribution in [0.2, 0.25) is 0 Å². The van der Waals surface area contributed by atoms with Gasteiger partial charge in [-0.25, -0.2) is 18.8 Å². The second kappa shape index (κ2) is 7.10. The van der Waals surface area contributed by atoms with Crippen LogP contribution in [0.15, 0.2) is 15.5 Å². The first kappa shape index (κ1) is 18.6. The van der Waals surface area contributed by atoms with Crippen LogP contribution in [0.25, 0.3) is 0 Å². The number of nitrogens with two attached hydrogens (primary N) is 1. The third-order valence-electron chi connectivity index (χ3n) is 5.78. The Hall–Kier alpha value is -2.46. The Morgan fingerprint density at radius 3 is 2.59 bits per heavy atom. The van der Waals surface area contributed by atoms with Crippen LogP contribution in [0.1, 0.15) is 48.2 Å². The number of hydrogen-bond acceptors (Lipinski definition) is 5. The Bertz CT molecular complexity index is 1080. The van der Waals surface area contributed by atoms with Gasteiger partial charge in [0.2, 0.25) is 5.88 Å². The first-order chi connectivity index (χ1) is 14.0. The van der Waals surface area contributed by atoms with Crippen LogP contribution < -0.4 is 15.2 Å². The average molecular weight is 417 g/mol. The molecule has 5 rings (SSSR count). The number of aromatic nitrogens is 3. The summed E-state index contributed by atoms with van der Waals surface area (Å²) < 4.78 is 24.2. The van der Waals surface area contributed by atoms with Gasteiger partial charge in [0.1, 0.15) is 4.90 Å². The minimum absolute atomic E-state index is 0.166. The zero-order valence-electron chi connectivity index (χ0n) is 16.1. The molecule has 3 heterocycles. The van der Waals surface area contributed by atoms with E-state index < -0.39 is 15.9 Å². The fourth-order valence-electron chi connectivity index (χ4n) is 4.43. The maximum atomic E-state index is 13.1. The molecule has 0 bridgehead atoms. The smallest absolute Gasteiger partial charge is 0.354 e. The highest BCUT2D eigenvalue weighted by Crippen LogP contribution is 2.36. The number of ether oxygens (including phenoxy) is 1. The van der Waals surface area contributed by atoms with Gasteiger partial charge in [0.05, 0.1) is 18.5 Å². The molecule has 0 fully saturated rings. The normalized spacial score (nSPS) is 19.3. The van der Waals surface area contributed by atoms with Crippen molar-refractivity contribution in [3.63, 3.8) is 0 Å². The maximum Gasteiger partial charge on any atom is 0.354 e. The standard InChI is InChI=1S/C19H24N6O3S/c20-29(27,16-11-21-25-9-1-2-10-28-18(16)25)24-19(26)23-17-12-5-3-7-14(12)22-15-8-4-6-13(15)17/h11H,1-10H2,(H3,20,22,23,24,26,27). The minimum Gasteiger partial charge on any atom is -0.477 e. The molecule has 0 saturated heterocycles. The van der Waals surface area contributed by atoms with Crippen molar-refractivity contribution in [1.82, 2.24) is 14.8 Å². The number of pyridine rings is 1. The fourth-order valence-corrected chi connectivity index (χ4v) is 5.44. The quantitative estimate of drug-likeness (QED) is 0.777. The molecule has 9 nitrogen and oxygen atoms in total. The van der Waals surface area contributed by atoms with Gasteiger partial charge in [0.15, 0.2) is 9.92 Å². The molecule has 1 atom stereocenters. The Labute approximate surface area is 169 Å². The Morgan fingerprint density at radius 2 is 1.86 bits per heavy atom. The molecule has 2 aliphatic carbocycles. The second-order valence-electron chi connectivity index (χ2n) is 7.73. The number of fused-ring (bicyclic) bond motifs is 3. The van der Waals surface area contributed by atoms with Crippen LogP contribution in [-0.2, 0) is 42.1 Å². The molecule has 1 aliphatic heterocycles. The van der Waals surface area contributed by atoms with Gasteiger partial charge in [-0.05, 0) is 62.5 Å². The average Bonchev–Trinajstić information content (AvgIpc) is 3.38. The third-order valence-corrected chi connectivity index (χ3v) is 7.13. The zero-order valence-corrected chi connectivity index (χ0v) is 17.0. The highest BCUT2D eigenvalue weighted by atomic mass is 32.2. The van der Waals surface area contributed by atoms with Crippen molar-refractivity contribution in [2.24, 2.45) is 9.50 Å². The van der Waals surface area contributed by atoms with E-state index in [4.69, 9.17) is 14.9 Å². The number of carbonyl (C=O) groups is 1. The number of hydrogen-bond donors (Lipinski definition) is 2. The first-order valence-electron chi connectivity index (χ1n) is 10.1. The van der Waals surface area contributed by atoms with Crippen LogP contribution >= 0.6 is 0 Å². The van der Waals surface area contributed by atoms with Crippen LogP contribution in [0, 0.1) is 0 Å². The van der Waals surface area contributed by atoms with Crippen LogP contribution in [0.4, 0.5) is 10.5 Å². The molecule has 154 valence electrons. The number of anilines is 1. The lowest BCUT2D eigenvalue weighted by molar-refractivity contribution is 0.260. The molecule has 29 heavy (non-hydrogen) atoms. The van der Waals surface area contributed by atoms with E-state index in [1.54, 1.807) is 4.68 Å². The number of aryl methyl sites for hydroxylation is 3. The molecule has 0 aromatic carbocycles. The Kier molecular flexibility index (Phi) is 4.54. The van der Waals surface area contributed by atoms with Gasteiger partial charge < -0.3 is 10.1 Å². The monoisotopic (exact) mass is 416 g/mol. The first-order valence-corrected chi connectivity index (χ1v) is 11.7. The molecule has 10 heteroatoms. The number of nitrogens with one attached hydrogen (secondary N) is 1. The summed E-state index contributed by atoms with van der Waals surface area (Å²) in [6.45, 7) is 1.15. The maximum absolute atomic E-state index is 13.1. The summed E-state index contributed by atoms with van der Waals surface area (Å²) in [6.07, 6.45) is 8.85. The van der Waals surface area contributed by atoms with E-state index in [0.29, 0.717) is 19.0 Å². The van der Waals surface area contributed by atoms with E-state index in [1.165, 1.54) is 6.20 Å². The van der Waals surface area contributed by atoms with Crippen LogP contribution in [-0.4, -0.2) is 31.6 Å². The number of carbonyl (C=O) groups excluding carboxylic acids is 1. The summed E-state index contributed by atoms with van der Waals surface area (Å²) in [5.41, 5.74) is 5.09. The summed E-state index contributed by atoms with van der Waals surface area (Å²) in [5.74, 6) is 0.345. The number of nitrogens with zero attached hydrogens (tertiary/aromatic N) is 4. The molecular formula is C19H24N6O3S. The predicted molar refractivity (Wildman–Crippen MR) is 107 cm³/mol. The van der Waals surface area contributed by atoms with Gasteiger partial charge >= 0.3 is 6.03 Å². The van der Waals surface area contributed by atoms with E-state index in [9.17, 15) is 9.00 Å². The predicted octanol–water partition coefficient (Wildman–Crippen LogP) is 2.36. The number of amides is 2. The van der Waals surface area contributed by atoms with Crippen molar-refractivity contribution < 1.29 is 13.7 Å². The lowest BCUT2D eigenvalue weighted by Gasteiger charge is -2.14. The molecule has 0 saturated carbocycles. The van der Waals surface area contributed by atoms with E-state index in [1.807, 2.05) is 0 Å². The number of rotatable bonds is 2. The molecule has 0 spiro atoms. The lowest BCUT2D eigenvalue weighted by atomic mass is 10.1. The molecule has 2 amide bonds. The van der Waals surface area contributed by atoms with E-state index in [2.05, 4.69) is 14.8 Å². The fraction of sp³-hybridized carbons (Fsp3) is 0.526. The molecule has 2 aromatic heterocycles. The van der Waals surface area contributed by atoms with Crippen molar-refractivity contribution in [3.05, 3.63) is 28.7 Å². The lowest BCUT2D eigenvalue weighted by Crippen LogP contribution is -2.19. The minimum atomic E-state index is -3.48. The van der Waals surface area contributed by atoms with Gasteiger partial charge in [0, 0.05) is 17.9 Å². The van der Waals surface area contributed by atoms with E-state index >= 15 is 0 Å². The van der Waals surface area contributed by atoms with Crippen molar-refractivity contribution in [2.75, 3.05) is 11.9 Å². The summed E-state index contributed by atoms with van der Waals surface area (Å²) in [7, 11) is -3.48. The number of urea groups is 1. The largest absolute Gasteiger partial charge is 0.477 e. The van der Waals surface area contributed by atoms with Crippen LogP contribution in [0.5, 0.6) is 5.88 Å². The molecule has 2 aromatic rings. The highest BCUT2D eigenvalue weighted by molar-refractivity contribution is 7.91. The van der Waals surface area contributed by atoms with E-state index in [-0.39, 0.29) is 4.90 Å². The summed E-state index contributed by atoms with van der Waals surface area (Å²) in [5, 5.41) is 13.1. The Balaban J connectivity index is 1.48. The van der Waals surface area contributed by atoms with Gasteiger partial charge in [-0.2, -0.15) is 5.10 Å². The molecule has 3 N–H and O–H groups in total. The van der Waals surface area contributed by atoms with Gasteiger partial charge in [-0.1, -0.05) is 0 Å². The third kappa shape index (κ3) is 3.29. The van der Waals surface area contributed by atoms with Crippen molar-refractivity contribution >= 4 is 21.6 Å². The molecule has 0 radical (unpaired) electrons. The summed E-state index contributed by atoms with van der Waals surface area (Å²) >= 11 is 0. The Morgan fingerprint density at radius 1 is 1.14 bits per heavy atom. The van der Waals surface area contributed by atoms with Crippen molar-refractivity contribution in [1.29, 1.82) is 0 Å². The summed E-state index contributed by atoms with van der Waals surface area (Å²) in [6, 6.07) is -0.708. The topological polar surface area (TPSA) is 124 Å². The summed E-state index contributed by atoms with van der Waals surface area (Å²) in [4.78, 5) is 17.7. The highest BCUT2D eigenvalue weighted by Gasteiger charge is 2.27. The molecule has 1 unspecified atom stereocenters. The molecular weight excluding hydrogens is 392 g/mol. The zero-order chi connectivity index (χ0) is 20.0. The van der Waals surface area contributed by atoms with Gasteiger partial charge in [0.25, 0.3) is 0 Å². The van der Waals surface area contributed by atoms with Gasteiger partial charge in [-0.15, -0.1) is 4.36 Å². The SMILES string of the molecule is NS(=O)(=NC(=O)Nc1c2c(nc3c1CCC3)CCC2)c1cnn2c1OCCCC2.